The number of piperidine rings is 1. The summed E-state index contributed by atoms with van der Waals surface area (Å²) in [7, 11) is 1.56. The molecule has 0 bridgehead atoms. The van der Waals surface area contributed by atoms with Crippen LogP contribution in [0.15, 0.2) is 48.5 Å². The maximum absolute atomic E-state index is 14.0. The van der Waals surface area contributed by atoms with Gasteiger partial charge in [-0.1, -0.05) is 30.3 Å². The number of nitrogens with zero attached hydrogens (tertiary/aromatic N) is 1. The van der Waals surface area contributed by atoms with Gasteiger partial charge in [0.05, 0.1) is 19.1 Å². The van der Waals surface area contributed by atoms with Crippen LogP contribution in [0.1, 0.15) is 30.0 Å². The predicted octanol–water partition coefficient (Wildman–Crippen LogP) is 3.72. The molecule has 1 aliphatic heterocycles. The van der Waals surface area contributed by atoms with Gasteiger partial charge in [0.25, 0.3) is 0 Å². The number of benzene rings is 2. The second kappa shape index (κ2) is 7.66. The lowest BCUT2D eigenvalue weighted by Gasteiger charge is -2.38. The van der Waals surface area contributed by atoms with Gasteiger partial charge in [-0.15, -0.1) is 0 Å². The van der Waals surface area contributed by atoms with E-state index in [0.29, 0.717) is 18.7 Å². The van der Waals surface area contributed by atoms with E-state index in [1.54, 1.807) is 13.2 Å². The number of hydrogen-bond donors (Lipinski definition) is 1. The number of hydrogen-bond acceptors (Lipinski definition) is 3. The lowest BCUT2D eigenvalue weighted by atomic mass is 9.91. The second-order valence-corrected chi connectivity index (χ2v) is 6.37. The van der Waals surface area contributed by atoms with E-state index in [9.17, 15) is 14.3 Å². The number of halogens is 1. The van der Waals surface area contributed by atoms with Crippen LogP contribution >= 0.6 is 0 Å². The number of likely N-dealkylation sites (tertiary alicyclic amines) is 1. The molecule has 3 rings (SSSR count). The van der Waals surface area contributed by atoms with E-state index in [4.69, 9.17) is 4.74 Å². The quantitative estimate of drug-likeness (QED) is 0.899. The van der Waals surface area contributed by atoms with Crippen molar-refractivity contribution in [2.45, 2.75) is 18.9 Å². The first-order chi connectivity index (χ1) is 12.1. The minimum Gasteiger partial charge on any atom is -0.496 e. The molecule has 1 heterocycles. The molecule has 0 saturated carbocycles. The lowest BCUT2D eigenvalue weighted by molar-refractivity contribution is -0.143. The van der Waals surface area contributed by atoms with Crippen molar-refractivity contribution in [2.24, 2.45) is 5.92 Å². The predicted molar refractivity (Wildman–Crippen MR) is 93.2 cm³/mol. The molecule has 0 aromatic heterocycles. The smallest absolute Gasteiger partial charge is 0.307 e. The van der Waals surface area contributed by atoms with Crippen LogP contribution in [0.4, 0.5) is 4.39 Å². The highest BCUT2D eigenvalue weighted by Crippen LogP contribution is 2.37. The zero-order valence-electron chi connectivity index (χ0n) is 14.2. The lowest BCUT2D eigenvalue weighted by Crippen LogP contribution is -2.41. The first-order valence-corrected chi connectivity index (χ1v) is 8.45. The van der Waals surface area contributed by atoms with Gasteiger partial charge in [-0.25, -0.2) is 4.39 Å². The molecule has 25 heavy (non-hydrogen) atoms. The summed E-state index contributed by atoms with van der Waals surface area (Å²) in [6.45, 7) is 1.21. The van der Waals surface area contributed by atoms with E-state index in [-0.39, 0.29) is 11.9 Å². The number of aliphatic carboxylic acids is 1. The zero-order valence-corrected chi connectivity index (χ0v) is 14.2. The van der Waals surface area contributed by atoms with E-state index in [1.807, 2.05) is 30.3 Å². The van der Waals surface area contributed by atoms with Crippen molar-refractivity contribution >= 4 is 5.97 Å². The van der Waals surface area contributed by atoms with Crippen LogP contribution in [0.2, 0.25) is 0 Å². The summed E-state index contributed by atoms with van der Waals surface area (Å²) in [5, 5.41) is 9.41. The molecule has 4 nitrogen and oxygen atoms in total. The van der Waals surface area contributed by atoms with Crippen molar-refractivity contribution in [3.63, 3.8) is 0 Å². The van der Waals surface area contributed by atoms with Crippen molar-refractivity contribution in [2.75, 3.05) is 20.2 Å². The SMILES string of the molecule is COc1ccc(F)cc1C(c1ccccc1)N1CCCC(C(=O)O)C1. The van der Waals surface area contributed by atoms with E-state index >= 15 is 0 Å². The summed E-state index contributed by atoms with van der Waals surface area (Å²) in [6, 6.07) is 14.0. The van der Waals surface area contributed by atoms with Gasteiger partial charge in [0.15, 0.2) is 0 Å². The Morgan fingerprint density at radius 2 is 2.04 bits per heavy atom. The molecule has 2 aromatic carbocycles. The Hall–Kier alpha value is -2.40. The van der Waals surface area contributed by atoms with Crippen molar-refractivity contribution in [1.82, 2.24) is 4.90 Å². The first-order valence-electron chi connectivity index (χ1n) is 8.45. The molecule has 2 atom stereocenters. The summed E-state index contributed by atoms with van der Waals surface area (Å²) in [5.41, 5.74) is 1.72. The topological polar surface area (TPSA) is 49.8 Å². The van der Waals surface area contributed by atoms with Gasteiger partial charge in [-0.05, 0) is 43.1 Å². The Bertz CT molecular complexity index is 735. The highest BCUT2D eigenvalue weighted by Gasteiger charge is 2.32. The second-order valence-electron chi connectivity index (χ2n) is 6.37. The van der Waals surface area contributed by atoms with Gasteiger partial charge in [-0.3, -0.25) is 9.69 Å². The number of methoxy groups -OCH3 is 1. The van der Waals surface area contributed by atoms with Crippen molar-refractivity contribution in [3.05, 3.63) is 65.5 Å². The maximum Gasteiger partial charge on any atom is 0.307 e. The summed E-state index contributed by atoms with van der Waals surface area (Å²) in [4.78, 5) is 13.6. The number of ether oxygens (including phenoxy) is 1. The Balaban J connectivity index is 2.05. The highest BCUT2D eigenvalue weighted by molar-refractivity contribution is 5.70. The molecule has 1 fully saturated rings. The minimum absolute atomic E-state index is 0.242. The molecule has 0 amide bonds. The number of carbonyl (C=O) groups is 1. The number of rotatable bonds is 5. The van der Waals surface area contributed by atoms with Crippen LogP contribution in [0.25, 0.3) is 0 Å². The third-order valence-corrected chi connectivity index (χ3v) is 4.77. The molecule has 0 aliphatic carbocycles. The van der Waals surface area contributed by atoms with Gasteiger partial charge in [0.1, 0.15) is 11.6 Å². The summed E-state index contributed by atoms with van der Waals surface area (Å²) >= 11 is 0. The van der Waals surface area contributed by atoms with Crippen LogP contribution in [-0.2, 0) is 4.79 Å². The van der Waals surface area contributed by atoms with Crippen LogP contribution in [0, 0.1) is 11.7 Å². The minimum atomic E-state index is -0.775. The Labute approximate surface area is 146 Å². The monoisotopic (exact) mass is 343 g/mol. The van der Waals surface area contributed by atoms with Gasteiger partial charge in [-0.2, -0.15) is 0 Å². The van der Waals surface area contributed by atoms with Gasteiger partial charge < -0.3 is 9.84 Å². The number of carboxylic acid groups (broad SMARTS) is 1. The fourth-order valence-corrected chi connectivity index (χ4v) is 3.58. The maximum atomic E-state index is 14.0. The third-order valence-electron chi connectivity index (χ3n) is 4.77. The normalized spacial score (nSPS) is 19.4. The van der Waals surface area contributed by atoms with Crippen molar-refractivity contribution in [3.8, 4) is 5.75 Å². The summed E-state index contributed by atoms with van der Waals surface area (Å²) in [5.74, 6) is -0.904. The van der Waals surface area contributed by atoms with E-state index in [1.165, 1.54) is 12.1 Å². The fourth-order valence-electron chi connectivity index (χ4n) is 3.58. The van der Waals surface area contributed by atoms with E-state index in [0.717, 1.165) is 24.1 Å². The molecule has 2 aromatic rings. The molecule has 1 N–H and O–H groups in total. The van der Waals surface area contributed by atoms with Gasteiger partial charge in [0.2, 0.25) is 0 Å². The van der Waals surface area contributed by atoms with Crippen molar-refractivity contribution < 1.29 is 19.0 Å². The van der Waals surface area contributed by atoms with Crippen LogP contribution < -0.4 is 4.74 Å². The average molecular weight is 343 g/mol. The summed E-state index contributed by atoms with van der Waals surface area (Å²) < 4.78 is 19.4. The third kappa shape index (κ3) is 3.82. The van der Waals surface area contributed by atoms with Crippen molar-refractivity contribution in [1.29, 1.82) is 0 Å². The molecule has 0 radical (unpaired) electrons. The van der Waals surface area contributed by atoms with E-state index in [2.05, 4.69) is 4.90 Å². The molecular weight excluding hydrogens is 321 g/mol. The van der Waals surface area contributed by atoms with Gasteiger partial charge in [0, 0.05) is 12.1 Å². The van der Waals surface area contributed by atoms with Crippen LogP contribution in [-0.4, -0.2) is 36.2 Å². The standard InChI is InChI=1S/C20H22FNO3/c1-25-18-10-9-16(21)12-17(18)19(14-6-3-2-4-7-14)22-11-5-8-15(13-22)20(23)24/h2-4,6-7,9-10,12,15,19H,5,8,11,13H2,1H3,(H,23,24). The molecule has 1 aliphatic rings. The molecule has 2 unspecified atom stereocenters. The Morgan fingerprint density at radius 3 is 2.72 bits per heavy atom. The van der Waals surface area contributed by atoms with E-state index < -0.39 is 11.9 Å². The number of carboxylic acids is 1. The molecule has 0 spiro atoms. The first kappa shape index (κ1) is 17.4. The molecule has 5 heteroatoms. The van der Waals surface area contributed by atoms with Gasteiger partial charge >= 0.3 is 5.97 Å². The van der Waals surface area contributed by atoms with Crippen LogP contribution in [0.3, 0.4) is 0 Å². The highest BCUT2D eigenvalue weighted by atomic mass is 19.1. The van der Waals surface area contributed by atoms with Crippen LogP contribution in [0.5, 0.6) is 5.75 Å². The average Bonchev–Trinajstić information content (AvgIpc) is 2.63. The Kier molecular flexibility index (Phi) is 5.34. The zero-order chi connectivity index (χ0) is 17.8. The molecular formula is C20H22FNO3. The molecule has 1 saturated heterocycles. The fraction of sp³-hybridized carbons (Fsp3) is 0.350. The molecule has 132 valence electrons. The Morgan fingerprint density at radius 1 is 1.28 bits per heavy atom. The summed E-state index contributed by atoms with van der Waals surface area (Å²) in [6.07, 6.45) is 1.48. The largest absolute Gasteiger partial charge is 0.496 e.